The van der Waals surface area contributed by atoms with Gasteiger partial charge in [0.1, 0.15) is 0 Å². The van der Waals surface area contributed by atoms with Crippen LogP contribution >= 0.6 is 0 Å². The molecule has 59 valence electrons. The highest BCUT2D eigenvalue weighted by Crippen LogP contribution is 2.14. The van der Waals surface area contributed by atoms with Gasteiger partial charge in [-0.25, -0.2) is 0 Å². The third-order valence-corrected chi connectivity index (χ3v) is 2.12. The molecule has 1 atom stereocenters. The maximum atomic E-state index is 10.8. The van der Waals surface area contributed by atoms with Gasteiger partial charge in [0.05, 0.1) is 10.7 Å². The first-order valence-corrected chi connectivity index (χ1v) is 4.11. The monoisotopic (exact) mass is 174 g/mol. The van der Waals surface area contributed by atoms with E-state index in [4.69, 9.17) is 0 Å². The third-order valence-electron chi connectivity index (χ3n) is 1.05. The minimum Gasteiger partial charge on any atom is -0.259 e. The number of hydrogen-bond acceptors (Lipinski definition) is 4. The second-order valence-corrected chi connectivity index (χ2v) is 3.31. The van der Waals surface area contributed by atoms with Crippen molar-refractivity contribution in [2.45, 2.75) is 4.90 Å². The third kappa shape index (κ3) is 1.81. The maximum absolute atomic E-state index is 10.8. The summed E-state index contributed by atoms with van der Waals surface area (Å²) in [6.45, 7) is 0. The van der Waals surface area contributed by atoms with E-state index in [1.54, 1.807) is 0 Å². The van der Waals surface area contributed by atoms with Gasteiger partial charge in [-0.2, -0.15) is 5.90 Å². The van der Waals surface area contributed by atoms with E-state index in [9.17, 15) is 8.76 Å². The van der Waals surface area contributed by atoms with Crippen molar-refractivity contribution in [2.24, 2.45) is 5.90 Å². The summed E-state index contributed by atoms with van der Waals surface area (Å²) in [7, 11) is -3.78. The quantitative estimate of drug-likeness (QED) is 0.508. The number of nitrogens with zero attached hydrogens (tertiary/aromatic N) is 1. The lowest BCUT2D eigenvalue weighted by Crippen LogP contribution is -2.16. The van der Waals surface area contributed by atoms with Crippen LogP contribution in [0.1, 0.15) is 0 Å². The van der Waals surface area contributed by atoms with Crippen molar-refractivity contribution in [3.63, 3.8) is 0 Å². The van der Waals surface area contributed by atoms with Crippen LogP contribution in [-0.4, -0.2) is 4.98 Å². The first-order valence-electron chi connectivity index (χ1n) is 2.70. The van der Waals surface area contributed by atoms with E-state index in [1.165, 1.54) is 18.3 Å². The van der Waals surface area contributed by atoms with Crippen molar-refractivity contribution in [1.29, 1.82) is 0 Å². The van der Waals surface area contributed by atoms with Gasteiger partial charge in [0.15, 0.2) is 0 Å². The molecule has 0 bridgehead atoms. The van der Waals surface area contributed by atoms with Crippen LogP contribution in [0.25, 0.3) is 0 Å². The van der Waals surface area contributed by atoms with E-state index < -0.39 is 10.5 Å². The second kappa shape index (κ2) is 3.05. The molecule has 0 aliphatic heterocycles. The summed E-state index contributed by atoms with van der Waals surface area (Å²) >= 11 is 0. The minimum atomic E-state index is -3.78. The summed E-state index contributed by atoms with van der Waals surface area (Å²) in [6, 6.07) is 2.82. The Labute approximate surface area is 64.6 Å². The fraction of sp³-hybridized carbons (Fsp3) is 0. The largest absolute Gasteiger partial charge is 0.449 e. The molecule has 0 aliphatic carbocycles. The number of aromatic nitrogens is 1. The van der Waals surface area contributed by atoms with Crippen LogP contribution in [0, 0.1) is 0 Å². The number of rotatable bonds is 2. The number of pyridine rings is 1. The molecule has 0 aliphatic rings. The lowest BCUT2D eigenvalue weighted by molar-refractivity contribution is 0.261. The first-order chi connectivity index (χ1) is 5.17. The van der Waals surface area contributed by atoms with Gasteiger partial charge in [-0.3, -0.25) is 4.98 Å². The molecule has 0 spiro atoms. The van der Waals surface area contributed by atoms with E-state index in [-0.39, 0.29) is 4.90 Å². The Kier molecular flexibility index (Phi) is 2.30. The number of nitrogens with two attached hydrogens (primary N) is 1. The molecular formula is C5H6N2O3S+. The molecule has 1 aromatic rings. The van der Waals surface area contributed by atoms with E-state index in [2.05, 4.69) is 15.2 Å². The standard InChI is InChI=1S/C5H6N2O3S/c6-10-11(8,9)5-2-1-3-7-4-5/h1-4H,6H2/q+1. The van der Waals surface area contributed by atoms with E-state index in [0.717, 1.165) is 6.20 Å². The molecule has 1 aromatic heterocycles. The molecule has 0 saturated heterocycles. The zero-order valence-corrected chi connectivity index (χ0v) is 6.28. The average molecular weight is 174 g/mol. The highest BCUT2D eigenvalue weighted by molar-refractivity contribution is 7.92. The molecule has 1 radical (unpaired) electrons. The van der Waals surface area contributed by atoms with Gasteiger partial charge in [0.2, 0.25) is 4.90 Å². The summed E-state index contributed by atoms with van der Waals surface area (Å²) in [5.41, 5.74) is 0. The van der Waals surface area contributed by atoms with Crippen LogP contribution in [0.2, 0.25) is 0 Å². The topological polar surface area (TPSA) is 85.1 Å². The lowest BCUT2D eigenvalue weighted by Gasteiger charge is -1.92. The molecule has 0 saturated carbocycles. The number of hydrogen-bond donors (Lipinski definition) is 1. The van der Waals surface area contributed by atoms with Gasteiger partial charge in [-0.15, -0.1) is 0 Å². The molecule has 6 heteroatoms. The van der Waals surface area contributed by atoms with Crippen LogP contribution in [0.4, 0.5) is 0 Å². The van der Waals surface area contributed by atoms with Crippen LogP contribution in [0.3, 0.4) is 0 Å². The SMILES string of the molecule is NO[S+]([O])(=O)c1cccnc1. The lowest BCUT2D eigenvalue weighted by atomic mass is 10.5. The van der Waals surface area contributed by atoms with Crippen LogP contribution in [0.5, 0.6) is 0 Å². The van der Waals surface area contributed by atoms with Crippen molar-refractivity contribution in [3.05, 3.63) is 24.5 Å². The molecule has 11 heavy (non-hydrogen) atoms. The Bertz CT molecular complexity index is 276. The van der Waals surface area contributed by atoms with Crippen molar-refractivity contribution in [2.75, 3.05) is 0 Å². The molecular weight excluding hydrogens is 168 g/mol. The summed E-state index contributed by atoms with van der Waals surface area (Å²) in [4.78, 5) is 3.53. The highest BCUT2D eigenvalue weighted by atomic mass is 32.3. The van der Waals surface area contributed by atoms with Crippen molar-refractivity contribution in [3.8, 4) is 0 Å². The van der Waals surface area contributed by atoms with Crippen molar-refractivity contribution >= 4 is 10.5 Å². The summed E-state index contributed by atoms with van der Waals surface area (Å²) in [5, 5.41) is 0. The zero-order valence-electron chi connectivity index (χ0n) is 5.47. The summed E-state index contributed by atoms with van der Waals surface area (Å²) < 4.78 is 25.4. The predicted molar refractivity (Wildman–Crippen MR) is 36.5 cm³/mol. The Morgan fingerprint density at radius 3 is 2.82 bits per heavy atom. The Balaban J connectivity index is 3.03. The molecule has 1 rings (SSSR count). The van der Waals surface area contributed by atoms with E-state index in [1.807, 2.05) is 0 Å². The van der Waals surface area contributed by atoms with Crippen LogP contribution in [0.15, 0.2) is 29.4 Å². The molecule has 1 unspecified atom stereocenters. The first kappa shape index (κ1) is 8.28. The van der Waals surface area contributed by atoms with Gasteiger partial charge >= 0.3 is 10.5 Å². The molecule has 1 heterocycles. The van der Waals surface area contributed by atoms with Crippen molar-refractivity contribution in [1.82, 2.24) is 4.98 Å². The molecule has 0 fully saturated rings. The van der Waals surface area contributed by atoms with Gasteiger partial charge in [0, 0.05) is 12.3 Å². The average Bonchev–Trinajstić information content (AvgIpc) is 2.06. The van der Waals surface area contributed by atoms with Crippen LogP contribution in [-0.2, 0) is 23.5 Å². The predicted octanol–water partition coefficient (Wildman–Crippen LogP) is 0.0908. The minimum absolute atomic E-state index is 0.0532. The summed E-state index contributed by atoms with van der Waals surface area (Å²) in [6.07, 6.45) is 2.61. The van der Waals surface area contributed by atoms with E-state index in [0.29, 0.717) is 0 Å². The maximum Gasteiger partial charge on any atom is 0.449 e. The van der Waals surface area contributed by atoms with Gasteiger partial charge < -0.3 is 0 Å². The fourth-order valence-corrected chi connectivity index (χ4v) is 1.10. The Morgan fingerprint density at radius 1 is 1.64 bits per heavy atom. The zero-order chi connectivity index (χ0) is 8.32. The second-order valence-electron chi connectivity index (χ2n) is 1.74. The fourth-order valence-electron chi connectivity index (χ4n) is 0.551. The smallest absolute Gasteiger partial charge is 0.259 e. The van der Waals surface area contributed by atoms with Gasteiger partial charge in [-0.05, 0) is 14.6 Å². The molecule has 0 aromatic carbocycles. The molecule has 0 amide bonds. The Morgan fingerprint density at radius 2 is 2.36 bits per heavy atom. The normalized spacial score (nSPS) is 15.8. The molecule has 2 N–H and O–H groups in total. The van der Waals surface area contributed by atoms with Gasteiger partial charge in [-0.1, -0.05) is 0 Å². The summed E-state index contributed by atoms with van der Waals surface area (Å²) in [5.74, 6) is 4.52. The van der Waals surface area contributed by atoms with E-state index >= 15 is 0 Å². The Hall–Kier alpha value is -0.820. The van der Waals surface area contributed by atoms with Crippen LogP contribution < -0.4 is 5.90 Å². The van der Waals surface area contributed by atoms with Gasteiger partial charge in [0.25, 0.3) is 0 Å². The van der Waals surface area contributed by atoms with Crippen molar-refractivity contribution < 1.29 is 13.0 Å². The molecule has 5 nitrogen and oxygen atoms in total. The highest BCUT2D eigenvalue weighted by Gasteiger charge is 2.34.